The third-order valence-electron chi connectivity index (χ3n) is 6.22. The van der Waals surface area contributed by atoms with Crippen molar-refractivity contribution in [2.45, 2.75) is 32.2 Å². The van der Waals surface area contributed by atoms with Crippen LogP contribution in [-0.4, -0.2) is 56.3 Å². The summed E-state index contributed by atoms with van der Waals surface area (Å²) in [7, 11) is 3.23. The summed E-state index contributed by atoms with van der Waals surface area (Å²) in [5.41, 5.74) is 1.99. The molecule has 0 atom stereocenters. The quantitative estimate of drug-likeness (QED) is 0.730. The van der Waals surface area contributed by atoms with E-state index in [0.29, 0.717) is 18.0 Å². The van der Waals surface area contributed by atoms with Crippen LogP contribution >= 0.6 is 0 Å². The van der Waals surface area contributed by atoms with Crippen molar-refractivity contribution < 1.29 is 14.3 Å². The van der Waals surface area contributed by atoms with E-state index in [1.54, 1.807) is 20.5 Å². The van der Waals surface area contributed by atoms with Gasteiger partial charge in [-0.2, -0.15) is 0 Å². The van der Waals surface area contributed by atoms with Crippen LogP contribution in [0.3, 0.4) is 0 Å². The van der Waals surface area contributed by atoms with Crippen molar-refractivity contribution in [2.24, 2.45) is 5.92 Å². The van der Waals surface area contributed by atoms with Gasteiger partial charge in [0.15, 0.2) is 17.3 Å². The highest BCUT2D eigenvalue weighted by Gasteiger charge is 2.28. The van der Waals surface area contributed by atoms with E-state index in [0.717, 1.165) is 56.1 Å². The first kappa shape index (κ1) is 21.2. The number of ether oxygens (including phenoxy) is 2. The standard InChI is InChI=1S/C23H31N5O3/c1-30-20-7-5-6-18(21(20)31-2)14-25-23(29)17-8-12-27(13-9-17)19-15-24-16-26-22(19)28-10-3-4-11-28/h5-7,15-17H,3-4,8-14H2,1-2H3,(H,25,29). The summed E-state index contributed by atoms with van der Waals surface area (Å²) in [5.74, 6) is 2.46. The summed E-state index contributed by atoms with van der Waals surface area (Å²) in [4.78, 5) is 26.3. The number of hydrogen-bond donors (Lipinski definition) is 1. The molecule has 166 valence electrons. The number of nitrogens with zero attached hydrogens (tertiary/aromatic N) is 4. The number of rotatable bonds is 7. The Morgan fingerprint density at radius 2 is 1.87 bits per heavy atom. The smallest absolute Gasteiger partial charge is 0.223 e. The molecule has 1 amide bonds. The number of amides is 1. The molecular formula is C23H31N5O3. The summed E-state index contributed by atoms with van der Waals surface area (Å²) < 4.78 is 10.8. The molecule has 0 aliphatic carbocycles. The molecular weight excluding hydrogens is 394 g/mol. The van der Waals surface area contributed by atoms with E-state index in [4.69, 9.17) is 9.47 Å². The lowest BCUT2D eigenvalue weighted by atomic mass is 9.95. The SMILES string of the molecule is COc1cccc(CNC(=O)C2CCN(c3cncnc3N3CCCC3)CC2)c1OC. The molecule has 2 fully saturated rings. The number of carbonyl (C=O) groups excluding carboxylic acids is 1. The zero-order valence-electron chi connectivity index (χ0n) is 18.3. The number of anilines is 2. The minimum atomic E-state index is 0.00715. The van der Waals surface area contributed by atoms with Gasteiger partial charge in [-0.1, -0.05) is 12.1 Å². The Labute approximate surface area is 183 Å². The van der Waals surface area contributed by atoms with Gasteiger partial charge in [0.25, 0.3) is 0 Å². The molecule has 0 bridgehead atoms. The molecule has 0 radical (unpaired) electrons. The second-order valence-electron chi connectivity index (χ2n) is 8.06. The number of aromatic nitrogens is 2. The van der Waals surface area contributed by atoms with Gasteiger partial charge in [0.1, 0.15) is 6.33 Å². The summed E-state index contributed by atoms with van der Waals surface area (Å²) in [5, 5.41) is 3.08. The molecule has 0 unspecified atom stereocenters. The Hall–Kier alpha value is -3.03. The van der Waals surface area contributed by atoms with Gasteiger partial charge in [-0.25, -0.2) is 9.97 Å². The topological polar surface area (TPSA) is 79.8 Å². The Morgan fingerprint density at radius 3 is 2.58 bits per heavy atom. The van der Waals surface area contributed by atoms with Gasteiger partial charge in [-0.15, -0.1) is 0 Å². The summed E-state index contributed by atoms with van der Waals surface area (Å²) in [6.45, 7) is 4.18. The van der Waals surface area contributed by atoms with Crippen molar-refractivity contribution in [1.29, 1.82) is 0 Å². The van der Waals surface area contributed by atoms with Gasteiger partial charge in [0.2, 0.25) is 5.91 Å². The Kier molecular flexibility index (Phi) is 6.74. The minimum Gasteiger partial charge on any atom is -0.493 e. The molecule has 2 aliphatic rings. The first-order chi connectivity index (χ1) is 15.2. The highest BCUT2D eigenvalue weighted by Crippen LogP contribution is 2.32. The fourth-order valence-corrected chi connectivity index (χ4v) is 4.51. The monoisotopic (exact) mass is 425 g/mol. The molecule has 4 rings (SSSR count). The molecule has 8 nitrogen and oxygen atoms in total. The largest absolute Gasteiger partial charge is 0.493 e. The first-order valence-electron chi connectivity index (χ1n) is 11.0. The van der Waals surface area contributed by atoms with Crippen molar-refractivity contribution in [3.63, 3.8) is 0 Å². The molecule has 3 heterocycles. The number of carbonyl (C=O) groups is 1. The van der Waals surface area contributed by atoms with Crippen LogP contribution in [0, 0.1) is 5.92 Å². The molecule has 2 aliphatic heterocycles. The molecule has 1 N–H and O–H groups in total. The average molecular weight is 426 g/mol. The second-order valence-corrected chi connectivity index (χ2v) is 8.06. The lowest BCUT2D eigenvalue weighted by Gasteiger charge is -2.34. The zero-order chi connectivity index (χ0) is 21.6. The third kappa shape index (κ3) is 4.68. The lowest BCUT2D eigenvalue weighted by molar-refractivity contribution is -0.125. The molecule has 0 saturated carbocycles. The van der Waals surface area contributed by atoms with Crippen LogP contribution in [0.1, 0.15) is 31.2 Å². The Morgan fingerprint density at radius 1 is 1.10 bits per heavy atom. The zero-order valence-corrected chi connectivity index (χ0v) is 18.3. The van der Waals surface area contributed by atoms with E-state index in [9.17, 15) is 4.79 Å². The van der Waals surface area contributed by atoms with Gasteiger partial charge in [-0.3, -0.25) is 4.79 Å². The highest BCUT2D eigenvalue weighted by molar-refractivity contribution is 5.79. The van der Waals surface area contributed by atoms with E-state index in [-0.39, 0.29) is 11.8 Å². The van der Waals surface area contributed by atoms with Crippen LogP contribution in [0.15, 0.2) is 30.7 Å². The summed E-state index contributed by atoms with van der Waals surface area (Å²) >= 11 is 0. The highest BCUT2D eigenvalue weighted by atomic mass is 16.5. The number of benzene rings is 1. The van der Waals surface area contributed by atoms with Crippen LogP contribution in [0.5, 0.6) is 11.5 Å². The van der Waals surface area contributed by atoms with Gasteiger partial charge in [0.05, 0.1) is 26.1 Å². The molecule has 31 heavy (non-hydrogen) atoms. The average Bonchev–Trinajstić information content (AvgIpc) is 3.37. The second kappa shape index (κ2) is 9.85. The summed E-state index contributed by atoms with van der Waals surface area (Å²) in [6, 6.07) is 5.70. The number of hydrogen-bond acceptors (Lipinski definition) is 7. The van der Waals surface area contributed by atoms with Crippen molar-refractivity contribution >= 4 is 17.4 Å². The lowest BCUT2D eigenvalue weighted by Crippen LogP contribution is -2.41. The predicted octanol–water partition coefficient (Wildman–Crippen LogP) is 2.63. The minimum absolute atomic E-state index is 0.00715. The maximum atomic E-state index is 12.8. The number of para-hydroxylation sites is 1. The van der Waals surface area contributed by atoms with Crippen molar-refractivity contribution in [1.82, 2.24) is 15.3 Å². The van der Waals surface area contributed by atoms with E-state index >= 15 is 0 Å². The number of nitrogens with one attached hydrogen (secondary N) is 1. The number of methoxy groups -OCH3 is 2. The number of piperidine rings is 1. The van der Waals surface area contributed by atoms with Gasteiger partial charge >= 0.3 is 0 Å². The molecule has 1 aromatic carbocycles. The van der Waals surface area contributed by atoms with Crippen molar-refractivity contribution in [3.8, 4) is 11.5 Å². The molecule has 2 saturated heterocycles. The van der Waals surface area contributed by atoms with Crippen molar-refractivity contribution in [2.75, 3.05) is 50.2 Å². The first-order valence-corrected chi connectivity index (χ1v) is 11.0. The van der Waals surface area contributed by atoms with Crippen LogP contribution in [0.25, 0.3) is 0 Å². The Balaban J connectivity index is 1.34. The van der Waals surface area contributed by atoms with E-state index in [1.165, 1.54) is 12.8 Å². The molecule has 8 heteroatoms. The van der Waals surface area contributed by atoms with Crippen molar-refractivity contribution in [3.05, 3.63) is 36.3 Å². The molecule has 0 spiro atoms. The maximum Gasteiger partial charge on any atom is 0.223 e. The van der Waals surface area contributed by atoms with Crippen LogP contribution in [-0.2, 0) is 11.3 Å². The molecule has 1 aromatic heterocycles. The van der Waals surface area contributed by atoms with Gasteiger partial charge in [-0.05, 0) is 31.7 Å². The van der Waals surface area contributed by atoms with E-state index in [1.807, 2.05) is 24.4 Å². The normalized spacial score (nSPS) is 17.0. The van der Waals surface area contributed by atoms with Crippen LogP contribution in [0.4, 0.5) is 11.5 Å². The fourth-order valence-electron chi connectivity index (χ4n) is 4.51. The Bertz CT molecular complexity index is 893. The fraction of sp³-hybridized carbons (Fsp3) is 0.522. The third-order valence-corrected chi connectivity index (χ3v) is 6.22. The molecule has 2 aromatic rings. The van der Waals surface area contributed by atoms with Gasteiger partial charge < -0.3 is 24.6 Å². The maximum absolute atomic E-state index is 12.8. The van der Waals surface area contributed by atoms with Crippen LogP contribution in [0.2, 0.25) is 0 Å². The predicted molar refractivity (Wildman–Crippen MR) is 120 cm³/mol. The van der Waals surface area contributed by atoms with E-state index < -0.39 is 0 Å². The summed E-state index contributed by atoms with van der Waals surface area (Å²) in [6.07, 6.45) is 7.60. The van der Waals surface area contributed by atoms with Gasteiger partial charge in [0, 0.05) is 44.2 Å². The van der Waals surface area contributed by atoms with Crippen LogP contribution < -0.4 is 24.6 Å². The van der Waals surface area contributed by atoms with E-state index in [2.05, 4.69) is 25.1 Å².